The van der Waals surface area contributed by atoms with Gasteiger partial charge >= 0.3 is 0 Å². The van der Waals surface area contributed by atoms with Crippen molar-refractivity contribution in [2.45, 2.75) is 65.3 Å². The Hall–Kier alpha value is -3.15. The van der Waals surface area contributed by atoms with Crippen molar-refractivity contribution in [1.82, 2.24) is 19.9 Å². The number of allylic oxidation sites excluding steroid dienone is 1. The topological polar surface area (TPSA) is 78.5 Å². The standard InChI is InChI=1S/C26H32N6/c1-4-18-9-10-19(13-18)29-24-14-25(30-20-11-16(2)28-17(3)12-20)27-15-21(24)26-31-22-7-5-6-8-23(22)32-26/h5,7,11-12,14-15,18-19H,4,6,8-10,13H2,1-3H3,(H,31,32)(H2,27,28,29,30). The molecule has 3 heterocycles. The maximum absolute atomic E-state index is 4.87. The molecule has 0 bridgehead atoms. The highest BCUT2D eigenvalue weighted by Gasteiger charge is 2.25. The lowest BCUT2D eigenvalue weighted by molar-refractivity contribution is 0.525. The molecule has 3 aromatic rings. The van der Waals surface area contributed by atoms with Gasteiger partial charge < -0.3 is 15.6 Å². The van der Waals surface area contributed by atoms with E-state index >= 15 is 0 Å². The molecular formula is C26H32N6. The number of aryl methyl sites for hydroxylation is 3. The summed E-state index contributed by atoms with van der Waals surface area (Å²) in [6.45, 7) is 6.32. The SMILES string of the molecule is CCC1CCC(Nc2cc(Nc3cc(C)nc(C)c3)ncc2-c2nc3c([nH]2)CCC=C3)C1. The molecule has 2 aliphatic rings. The molecule has 1 fully saturated rings. The molecule has 1 saturated carbocycles. The molecule has 5 rings (SSSR count). The molecular weight excluding hydrogens is 396 g/mol. The molecule has 166 valence electrons. The Kier molecular flexibility index (Phi) is 5.68. The number of rotatable bonds is 6. The monoisotopic (exact) mass is 428 g/mol. The summed E-state index contributed by atoms with van der Waals surface area (Å²) in [6, 6.07) is 6.71. The highest BCUT2D eigenvalue weighted by Crippen LogP contribution is 2.35. The highest BCUT2D eigenvalue weighted by atomic mass is 15.0. The molecule has 6 heteroatoms. The number of aromatic nitrogens is 4. The van der Waals surface area contributed by atoms with E-state index in [1.54, 1.807) is 0 Å². The molecule has 3 aromatic heterocycles. The van der Waals surface area contributed by atoms with Crippen LogP contribution in [0.2, 0.25) is 0 Å². The van der Waals surface area contributed by atoms with E-state index in [9.17, 15) is 0 Å². The van der Waals surface area contributed by atoms with Gasteiger partial charge in [-0.1, -0.05) is 19.4 Å². The first-order valence-corrected chi connectivity index (χ1v) is 11.8. The van der Waals surface area contributed by atoms with Gasteiger partial charge in [-0.25, -0.2) is 9.97 Å². The Morgan fingerprint density at radius 3 is 2.69 bits per heavy atom. The first kappa shape index (κ1) is 20.7. The van der Waals surface area contributed by atoms with Gasteiger partial charge in [-0.15, -0.1) is 0 Å². The van der Waals surface area contributed by atoms with Crippen molar-refractivity contribution in [2.24, 2.45) is 5.92 Å². The summed E-state index contributed by atoms with van der Waals surface area (Å²) in [5.74, 6) is 2.53. The van der Waals surface area contributed by atoms with Crippen LogP contribution < -0.4 is 10.6 Å². The Balaban J connectivity index is 1.48. The van der Waals surface area contributed by atoms with Gasteiger partial charge in [-0.2, -0.15) is 0 Å². The van der Waals surface area contributed by atoms with Crippen LogP contribution in [0.15, 0.2) is 30.5 Å². The number of hydrogen-bond donors (Lipinski definition) is 3. The van der Waals surface area contributed by atoms with Gasteiger partial charge in [-0.3, -0.25) is 4.98 Å². The van der Waals surface area contributed by atoms with Gasteiger partial charge in [0.25, 0.3) is 0 Å². The van der Waals surface area contributed by atoms with Crippen molar-refractivity contribution in [3.05, 3.63) is 53.2 Å². The summed E-state index contributed by atoms with van der Waals surface area (Å²) in [7, 11) is 0. The van der Waals surface area contributed by atoms with Crippen LogP contribution in [-0.4, -0.2) is 26.0 Å². The summed E-state index contributed by atoms with van der Waals surface area (Å²) in [5, 5.41) is 7.30. The predicted octanol–water partition coefficient (Wildman–Crippen LogP) is 6.18. The molecule has 0 spiro atoms. The van der Waals surface area contributed by atoms with Crippen molar-refractivity contribution < 1.29 is 0 Å². The Labute approximate surface area is 190 Å². The molecule has 0 radical (unpaired) electrons. The molecule has 0 saturated heterocycles. The highest BCUT2D eigenvalue weighted by molar-refractivity contribution is 5.77. The average molecular weight is 429 g/mol. The zero-order valence-electron chi connectivity index (χ0n) is 19.2. The third kappa shape index (κ3) is 4.40. The minimum Gasteiger partial charge on any atom is -0.382 e. The summed E-state index contributed by atoms with van der Waals surface area (Å²) in [4.78, 5) is 17.6. The van der Waals surface area contributed by atoms with E-state index in [2.05, 4.69) is 45.7 Å². The van der Waals surface area contributed by atoms with Gasteiger partial charge in [-0.05, 0) is 70.1 Å². The van der Waals surface area contributed by atoms with E-state index in [0.29, 0.717) is 6.04 Å². The number of fused-ring (bicyclic) bond motifs is 1. The maximum atomic E-state index is 4.87. The largest absolute Gasteiger partial charge is 0.382 e. The van der Waals surface area contributed by atoms with Gasteiger partial charge in [0, 0.05) is 41.1 Å². The lowest BCUT2D eigenvalue weighted by Crippen LogP contribution is -2.16. The van der Waals surface area contributed by atoms with E-state index in [0.717, 1.165) is 64.4 Å². The maximum Gasteiger partial charge on any atom is 0.141 e. The number of nitrogens with zero attached hydrogens (tertiary/aromatic N) is 3. The Morgan fingerprint density at radius 1 is 1.09 bits per heavy atom. The third-order valence-electron chi connectivity index (χ3n) is 6.64. The van der Waals surface area contributed by atoms with Crippen molar-refractivity contribution in [3.8, 4) is 11.4 Å². The van der Waals surface area contributed by atoms with Crippen molar-refractivity contribution >= 4 is 23.3 Å². The number of anilines is 3. The number of pyridine rings is 2. The predicted molar refractivity (Wildman–Crippen MR) is 131 cm³/mol. The van der Waals surface area contributed by atoms with Crippen molar-refractivity contribution in [2.75, 3.05) is 10.6 Å². The quantitative estimate of drug-likeness (QED) is 0.437. The van der Waals surface area contributed by atoms with Crippen LogP contribution in [0.4, 0.5) is 17.2 Å². The molecule has 32 heavy (non-hydrogen) atoms. The Morgan fingerprint density at radius 2 is 1.94 bits per heavy atom. The summed E-state index contributed by atoms with van der Waals surface area (Å²) >= 11 is 0. The van der Waals surface area contributed by atoms with Crippen molar-refractivity contribution in [1.29, 1.82) is 0 Å². The number of H-pyrrole nitrogens is 1. The molecule has 6 nitrogen and oxygen atoms in total. The fourth-order valence-corrected chi connectivity index (χ4v) is 4.98. The molecule has 0 amide bonds. The first-order chi connectivity index (χ1) is 15.6. The molecule has 2 atom stereocenters. The second-order valence-corrected chi connectivity index (χ2v) is 9.20. The first-order valence-electron chi connectivity index (χ1n) is 11.8. The molecule has 3 N–H and O–H groups in total. The van der Waals surface area contributed by atoms with Crippen LogP contribution in [0.25, 0.3) is 17.5 Å². The number of imidazole rings is 1. The van der Waals surface area contributed by atoms with Gasteiger partial charge in [0.05, 0.1) is 16.9 Å². The summed E-state index contributed by atoms with van der Waals surface area (Å²) < 4.78 is 0. The van der Waals surface area contributed by atoms with Crippen molar-refractivity contribution in [3.63, 3.8) is 0 Å². The fraction of sp³-hybridized carbons (Fsp3) is 0.423. The van der Waals surface area contributed by atoms with E-state index in [4.69, 9.17) is 9.97 Å². The molecule has 2 unspecified atom stereocenters. The van der Waals surface area contributed by atoms with E-state index in [1.165, 1.54) is 31.4 Å². The summed E-state index contributed by atoms with van der Waals surface area (Å²) in [5.41, 5.74) is 7.37. The zero-order chi connectivity index (χ0) is 22.1. The molecule has 0 aliphatic heterocycles. The number of aromatic amines is 1. The van der Waals surface area contributed by atoms with E-state index < -0.39 is 0 Å². The average Bonchev–Trinajstić information content (AvgIpc) is 3.40. The van der Waals surface area contributed by atoms with Crippen LogP contribution in [0.5, 0.6) is 0 Å². The van der Waals surface area contributed by atoms with Crippen LogP contribution in [0.1, 0.15) is 61.8 Å². The lowest BCUT2D eigenvalue weighted by Gasteiger charge is -2.18. The lowest BCUT2D eigenvalue weighted by atomic mass is 10.1. The van der Waals surface area contributed by atoms with Crippen LogP contribution in [0, 0.1) is 19.8 Å². The van der Waals surface area contributed by atoms with Crippen LogP contribution in [-0.2, 0) is 6.42 Å². The summed E-state index contributed by atoms with van der Waals surface area (Å²) in [6.07, 6.45) is 13.3. The van der Waals surface area contributed by atoms with Crippen LogP contribution in [0.3, 0.4) is 0 Å². The van der Waals surface area contributed by atoms with Crippen LogP contribution >= 0.6 is 0 Å². The van der Waals surface area contributed by atoms with E-state index in [-0.39, 0.29) is 0 Å². The minimum absolute atomic E-state index is 0.490. The second kappa shape index (κ2) is 8.77. The number of hydrogen-bond acceptors (Lipinski definition) is 5. The zero-order valence-corrected chi connectivity index (χ0v) is 19.2. The van der Waals surface area contributed by atoms with Gasteiger partial charge in [0.2, 0.25) is 0 Å². The molecule has 0 aromatic carbocycles. The second-order valence-electron chi connectivity index (χ2n) is 9.20. The minimum atomic E-state index is 0.490. The van der Waals surface area contributed by atoms with E-state index in [1.807, 2.05) is 32.2 Å². The normalized spacial score (nSPS) is 19.7. The Bertz CT molecular complexity index is 1120. The van der Waals surface area contributed by atoms with Gasteiger partial charge in [0.15, 0.2) is 0 Å². The smallest absolute Gasteiger partial charge is 0.141 e. The van der Waals surface area contributed by atoms with Gasteiger partial charge in [0.1, 0.15) is 11.6 Å². The third-order valence-corrected chi connectivity index (χ3v) is 6.64. The number of nitrogens with one attached hydrogen (secondary N) is 3. The molecule has 2 aliphatic carbocycles. The fourth-order valence-electron chi connectivity index (χ4n) is 4.98.